The minimum absolute atomic E-state index is 0.0989. The van der Waals surface area contributed by atoms with Crippen molar-refractivity contribution >= 4 is 16.9 Å². The highest BCUT2D eigenvalue weighted by molar-refractivity contribution is 6.06. The van der Waals surface area contributed by atoms with E-state index in [0.717, 1.165) is 40.8 Å². The Bertz CT molecular complexity index is 796. The fourth-order valence-corrected chi connectivity index (χ4v) is 4.24. The second-order valence-corrected chi connectivity index (χ2v) is 6.98. The highest BCUT2D eigenvalue weighted by Gasteiger charge is 2.37. The fourth-order valence-electron chi connectivity index (χ4n) is 4.24. The molecule has 128 valence electrons. The molecule has 0 bridgehead atoms. The van der Waals surface area contributed by atoms with Gasteiger partial charge in [-0.05, 0) is 32.8 Å². The van der Waals surface area contributed by atoms with E-state index in [1.54, 1.807) is 4.68 Å². The lowest BCUT2D eigenvalue weighted by Crippen LogP contribution is -2.54. The smallest absolute Gasteiger partial charge is 0.255 e. The number of hydrogen-bond acceptors (Lipinski definition) is 4. The number of hydrogen-bond donors (Lipinski definition) is 0. The highest BCUT2D eigenvalue weighted by atomic mass is 16.5. The first-order chi connectivity index (χ1) is 11.6. The maximum Gasteiger partial charge on any atom is 0.255 e. The number of aromatic nitrogens is 3. The molecule has 6 nitrogen and oxygen atoms in total. The summed E-state index contributed by atoms with van der Waals surface area (Å²) in [7, 11) is 1.88. The van der Waals surface area contributed by atoms with E-state index in [4.69, 9.17) is 4.74 Å². The van der Waals surface area contributed by atoms with Crippen molar-refractivity contribution in [3.05, 3.63) is 23.0 Å². The predicted octanol–water partition coefficient (Wildman–Crippen LogP) is 2.37. The summed E-state index contributed by atoms with van der Waals surface area (Å²) in [5.41, 5.74) is 3.22. The predicted molar refractivity (Wildman–Crippen MR) is 91.0 cm³/mol. The van der Waals surface area contributed by atoms with E-state index in [-0.39, 0.29) is 18.1 Å². The third kappa shape index (κ3) is 2.40. The molecule has 1 saturated heterocycles. The highest BCUT2D eigenvalue weighted by Crippen LogP contribution is 2.31. The van der Waals surface area contributed by atoms with Crippen molar-refractivity contribution in [1.29, 1.82) is 0 Å². The molecule has 0 spiro atoms. The Morgan fingerprint density at radius 2 is 2.08 bits per heavy atom. The molecule has 2 aromatic rings. The Hall–Kier alpha value is -1.95. The summed E-state index contributed by atoms with van der Waals surface area (Å²) >= 11 is 0. The monoisotopic (exact) mass is 328 g/mol. The van der Waals surface area contributed by atoms with Crippen molar-refractivity contribution < 1.29 is 9.53 Å². The Balaban J connectivity index is 1.78. The number of amides is 1. The van der Waals surface area contributed by atoms with Crippen LogP contribution in [0, 0.1) is 13.8 Å². The quantitative estimate of drug-likeness (QED) is 0.806. The minimum Gasteiger partial charge on any atom is -0.374 e. The summed E-state index contributed by atoms with van der Waals surface area (Å²) < 4.78 is 7.68. The molecule has 1 saturated carbocycles. The number of pyridine rings is 1. The van der Waals surface area contributed by atoms with Crippen LogP contribution in [0.4, 0.5) is 0 Å². The molecule has 4 rings (SSSR count). The third-order valence-corrected chi connectivity index (χ3v) is 5.32. The van der Waals surface area contributed by atoms with Gasteiger partial charge in [-0.1, -0.05) is 12.8 Å². The molecule has 0 aromatic carbocycles. The molecule has 3 heterocycles. The summed E-state index contributed by atoms with van der Waals surface area (Å²) in [5, 5.41) is 5.34. The number of nitrogens with zero attached hydrogens (tertiary/aromatic N) is 4. The number of carbonyl (C=O) groups excluding carboxylic acids is 1. The summed E-state index contributed by atoms with van der Waals surface area (Å²) in [5.74, 6) is 0.0989. The lowest BCUT2D eigenvalue weighted by molar-refractivity contribution is -0.0752. The zero-order valence-corrected chi connectivity index (χ0v) is 14.6. The Kier molecular flexibility index (Phi) is 3.79. The second-order valence-electron chi connectivity index (χ2n) is 6.98. The zero-order chi connectivity index (χ0) is 16.8. The van der Waals surface area contributed by atoms with Crippen molar-refractivity contribution in [1.82, 2.24) is 19.7 Å². The Labute approximate surface area is 141 Å². The normalized spacial score (nSPS) is 24.2. The summed E-state index contributed by atoms with van der Waals surface area (Å²) in [4.78, 5) is 20.0. The van der Waals surface area contributed by atoms with E-state index >= 15 is 0 Å². The largest absolute Gasteiger partial charge is 0.374 e. The average molecular weight is 328 g/mol. The van der Waals surface area contributed by atoms with Gasteiger partial charge in [-0.2, -0.15) is 5.10 Å². The molecule has 2 fully saturated rings. The van der Waals surface area contributed by atoms with Gasteiger partial charge < -0.3 is 9.64 Å². The molecule has 2 atom stereocenters. The van der Waals surface area contributed by atoms with Crippen LogP contribution in [0.2, 0.25) is 0 Å². The number of rotatable bonds is 1. The molecule has 24 heavy (non-hydrogen) atoms. The first-order valence-electron chi connectivity index (χ1n) is 8.80. The van der Waals surface area contributed by atoms with Crippen molar-refractivity contribution in [3.63, 3.8) is 0 Å². The lowest BCUT2D eigenvalue weighted by Gasteiger charge is -2.43. The number of aryl methyl sites for hydroxylation is 3. The van der Waals surface area contributed by atoms with Crippen LogP contribution < -0.4 is 0 Å². The first-order valence-corrected chi connectivity index (χ1v) is 8.80. The molecule has 0 N–H and O–H groups in total. The summed E-state index contributed by atoms with van der Waals surface area (Å²) in [6, 6.07) is 2.12. The average Bonchev–Trinajstić information content (AvgIpc) is 2.87. The van der Waals surface area contributed by atoms with Crippen LogP contribution in [-0.4, -0.2) is 50.9 Å². The number of fused-ring (bicyclic) bond motifs is 2. The van der Waals surface area contributed by atoms with Crippen molar-refractivity contribution in [2.24, 2.45) is 7.05 Å². The molecule has 1 amide bonds. The molecule has 1 aliphatic carbocycles. The van der Waals surface area contributed by atoms with Gasteiger partial charge >= 0.3 is 0 Å². The maximum absolute atomic E-state index is 13.4. The van der Waals surface area contributed by atoms with Gasteiger partial charge in [0.2, 0.25) is 0 Å². The van der Waals surface area contributed by atoms with Crippen LogP contribution >= 0.6 is 0 Å². The van der Waals surface area contributed by atoms with E-state index < -0.39 is 0 Å². The number of ether oxygens (including phenoxy) is 1. The first kappa shape index (κ1) is 15.6. The molecule has 6 heteroatoms. The Morgan fingerprint density at radius 1 is 1.29 bits per heavy atom. The SMILES string of the molecule is Cc1cc(C(=O)N2CCOC3CCCCC32)c2c(C)nn(C)c2n1. The van der Waals surface area contributed by atoms with E-state index in [0.29, 0.717) is 13.2 Å². The van der Waals surface area contributed by atoms with E-state index in [1.165, 1.54) is 12.8 Å². The van der Waals surface area contributed by atoms with Crippen LogP contribution in [0.1, 0.15) is 47.4 Å². The van der Waals surface area contributed by atoms with Crippen LogP contribution in [0.5, 0.6) is 0 Å². The van der Waals surface area contributed by atoms with Gasteiger partial charge in [-0.3, -0.25) is 9.48 Å². The molecular weight excluding hydrogens is 304 g/mol. The van der Waals surface area contributed by atoms with Crippen LogP contribution in [0.25, 0.3) is 11.0 Å². The molecule has 2 aliphatic rings. The van der Waals surface area contributed by atoms with Crippen LogP contribution in [0.3, 0.4) is 0 Å². The minimum atomic E-state index is 0.0989. The summed E-state index contributed by atoms with van der Waals surface area (Å²) in [6.07, 6.45) is 4.67. The fraction of sp³-hybridized carbons (Fsp3) is 0.611. The summed E-state index contributed by atoms with van der Waals surface area (Å²) in [6.45, 7) is 5.18. The van der Waals surface area contributed by atoms with Gasteiger partial charge in [-0.25, -0.2) is 4.98 Å². The topological polar surface area (TPSA) is 60.3 Å². The van der Waals surface area contributed by atoms with Crippen molar-refractivity contribution in [3.8, 4) is 0 Å². The van der Waals surface area contributed by atoms with E-state index in [1.807, 2.05) is 31.9 Å². The molecular formula is C18H24N4O2. The van der Waals surface area contributed by atoms with Gasteiger partial charge in [0, 0.05) is 19.3 Å². The number of morpholine rings is 1. The van der Waals surface area contributed by atoms with Gasteiger partial charge in [0.05, 0.1) is 35.4 Å². The van der Waals surface area contributed by atoms with Gasteiger partial charge in [-0.15, -0.1) is 0 Å². The van der Waals surface area contributed by atoms with Gasteiger partial charge in [0.25, 0.3) is 5.91 Å². The second kappa shape index (κ2) is 5.84. The van der Waals surface area contributed by atoms with Crippen molar-refractivity contribution in [2.45, 2.75) is 51.7 Å². The van der Waals surface area contributed by atoms with Crippen molar-refractivity contribution in [2.75, 3.05) is 13.2 Å². The third-order valence-electron chi connectivity index (χ3n) is 5.32. The molecule has 1 aliphatic heterocycles. The van der Waals surface area contributed by atoms with E-state index in [2.05, 4.69) is 10.1 Å². The van der Waals surface area contributed by atoms with Gasteiger partial charge in [0.1, 0.15) is 0 Å². The van der Waals surface area contributed by atoms with Crippen LogP contribution in [0.15, 0.2) is 6.07 Å². The van der Waals surface area contributed by atoms with Gasteiger partial charge in [0.15, 0.2) is 5.65 Å². The zero-order valence-electron chi connectivity index (χ0n) is 14.6. The molecule has 0 radical (unpaired) electrons. The molecule has 2 aromatic heterocycles. The number of carbonyl (C=O) groups is 1. The standard InChI is InChI=1S/C18H24N4O2/c1-11-10-13(16-12(2)20-21(3)17(16)19-11)18(23)22-8-9-24-15-7-5-4-6-14(15)22/h10,14-15H,4-9H2,1-3H3. The Morgan fingerprint density at radius 3 is 2.92 bits per heavy atom. The molecule has 2 unspecified atom stereocenters. The maximum atomic E-state index is 13.4. The lowest BCUT2D eigenvalue weighted by atomic mass is 9.89. The van der Waals surface area contributed by atoms with E-state index in [9.17, 15) is 4.79 Å². The van der Waals surface area contributed by atoms with Crippen LogP contribution in [-0.2, 0) is 11.8 Å².